The van der Waals surface area contributed by atoms with Crippen molar-refractivity contribution >= 4 is 63.2 Å². The van der Waals surface area contributed by atoms with E-state index in [1.165, 1.54) is 11.8 Å². The number of carbonyl (C=O) groups is 3. The Kier molecular flexibility index (Phi) is 6.95. The maximum absolute atomic E-state index is 13.2. The molecule has 3 N–H and O–H groups in total. The molecule has 0 atom stereocenters. The largest absolute Gasteiger partial charge is 0.497 e. The Balaban J connectivity index is 1.63. The molecule has 0 saturated heterocycles. The highest BCUT2D eigenvalue weighted by molar-refractivity contribution is 6.42. The third-order valence-electron chi connectivity index (χ3n) is 5.26. The van der Waals surface area contributed by atoms with Crippen molar-refractivity contribution in [1.82, 2.24) is 4.68 Å². The summed E-state index contributed by atoms with van der Waals surface area (Å²) in [6.45, 7) is 1.78. The number of rotatable bonds is 5. The van der Waals surface area contributed by atoms with E-state index in [0.717, 1.165) is 0 Å². The van der Waals surface area contributed by atoms with Crippen LogP contribution in [0, 0.1) is 6.92 Å². The van der Waals surface area contributed by atoms with Gasteiger partial charge >= 0.3 is 11.8 Å². The Morgan fingerprint density at radius 2 is 1.66 bits per heavy atom. The number of nitrogens with zero attached hydrogens (tertiary/aromatic N) is 1. The zero-order chi connectivity index (χ0) is 25.1. The second-order valence-electron chi connectivity index (χ2n) is 7.56. The molecule has 0 fully saturated rings. The minimum atomic E-state index is -0.978. The van der Waals surface area contributed by atoms with Crippen LogP contribution in [0.5, 0.6) is 5.75 Å². The number of methoxy groups -OCH3 is 1. The molecule has 1 aromatic heterocycles. The number of hydrogen-bond acceptors (Lipinski definition) is 4. The summed E-state index contributed by atoms with van der Waals surface area (Å²) >= 11 is 12.3. The average Bonchev–Trinajstić information content (AvgIpc) is 3.19. The number of benzene rings is 3. The van der Waals surface area contributed by atoms with Crippen molar-refractivity contribution in [3.05, 3.63) is 88.0 Å². The fourth-order valence-corrected chi connectivity index (χ4v) is 3.80. The van der Waals surface area contributed by atoms with Gasteiger partial charge in [0.15, 0.2) is 0 Å². The Hall–Kier alpha value is -4.01. The highest BCUT2D eigenvalue weighted by atomic mass is 35.5. The van der Waals surface area contributed by atoms with Gasteiger partial charge in [-0.05, 0) is 61.0 Å². The molecule has 8 nitrogen and oxygen atoms in total. The number of aromatic nitrogens is 1. The lowest BCUT2D eigenvalue weighted by molar-refractivity contribution is -0.133. The fourth-order valence-electron chi connectivity index (χ4n) is 3.44. The Morgan fingerprint density at radius 3 is 2.43 bits per heavy atom. The van der Waals surface area contributed by atoms with Crippen molar-refractivity contribution in [3.8, 4) is 5.75 Å². The molecular weight excluding hydrogens is 491 g/mol. The van der Waals surface area contributed by atoms with E-state index in [4.69, 9.17) is 27.9 Å². The molecular formula is C25H20Cl2N4O4. The summed E-state index contributed by atoms with van der Waals surface area (Å²) in [4.78, 5) is 38.5. The smallest absolute Gasteiger partial charge is 0.328 e. The monoisotopic (exact) mass is 510 g/mol. The van der Waals surface area contributed by atoms with Crippen LogP contribution in [-0.2, 0) is 9.59 Å². The second-order valence-corrected chi connectivity index (χ2v) is 8.41. The van der Waals surface area contributed by atoms with Crippen LogP contribution in [-0.4, -0.2) is 29.5 Å². The van der Waals surface area contributed by atoms with Gasteiger partial charge in [-0.2, -0.15) is 0 Å². The van der Waals surface area contributed by atoms with E-state index in [0.29, 0.717) is 43.6 Å². The third-order valence-corrected chi connectivity index (χ3v) is 5.90. The summed E-state index contributed by atoms with van der Waals surface area (Å²) < 4.78 is 6.37. The minimum Gasteiger partial charge on any atom is -0.497 e. The molecule has 4 rings (SSSR count). The Bertz CT molecular complexity index is 1470. The molecule has 35 heavy (non-hydrogen) atoms. The lowest BCUT2D eigenvalue weighted by Crippen LogP contribution is -2.36. The van der Waals surface area contributed by atoms with E-state index in [2.05, 4.69) is 16.1 Å². The Labute approximate surface area is 210 Å². The lowest BCUT2D eigenvalue weighted by Gasteiger charge is -2.14. The van der Waals surface area contributed by atoms with Gasteiger partial charge in [-0.3, -0.25) is 19.8 Å². The molecule has 0 bridgehead atoms. The number of amides is 3. The Morgan fingerprint density at radius 1 is 0.886 bits per heavy atom. The number of anilines is 2. The molecule has 10 heteroatoms. The third kappa shape index (κ3) is 5.24. The summed E-state index contributed by atoms with van der Waals surface area (Å²) in [5, 5.41) is 6.85. The summed E-state index contributed by atoms with van der Waals surface area (Å²) in [5.41, 5.74) is 4.64. The molecule has 0 saturated carbocycles. The predicted molar refractivity (Wildman–Crippen MR) is 137 cm³/mol. The highest BCUT2D eigenvalue weighted by Crippen LogP contribution is 2.26. The number of hydrogen-bond donors (Lipinski definition) is 3. The molecule has 3 amide bonds. The maximum atomic E-state index is 13.2. The van der Waals surface area contributed by atoms with Crippen LogP contribution in [0.2, 0.25) is 10.0 Å². The first-order chi connectivity index (χ1) is 16.8. The van der Waals surface area contributed by atoms with Crippen molar-refractivity contribution < 1.29 is 19.1 Å². The van der Waals surface area contributed by atoms with Crippen molar-refractivity contribution in [2.45, 2.75) is 6.92 Å². The minimum absolute atomic E-state index is 0.0872. The molecule has 0 radical (unpaired) electrons. The molecule has 0 aliphatic heterocycles. The molecule has 178 valence electrons. The zero-order valence-corrected chi connectivity index (χ0v) is 20.2. The molecule has 0 aliphatic rings. The van der Waals surface area contributed by atoms with Crippen LogP contribution in [0.4, 0.5) is 11.4 Å². The zero-order valence-electron chi connectivity index (χ0n) is 18.7. The van der Waals surface area contributed by atoms with Gasteiger partial charge in [0.1, 0.15) is 11.4 Å². The van der Waals surface area contributed by atoms with Gasteiger partial charge < -0.3 is 15.4 Å². The highest BCUT2D eigenvalue weighted by Gasteiger charge is 2.22. The van der Waals surface area contributed by atoms with E-state index in [9.17, 15) is 14.4 Å². The van der Waals surface area contributed by atoms with Crippen molar-refractivity contribution in [3.63, 3.8) is 0 Å². The van der Waals surface area contributed by atoms with E-state index in [1.807, 2.05) is 0 Å². The van der Waals surface area contributed by atoms with Gasteiger partial charge in [-0.1, -0.05) is 35.3 Å². The normalized spacial score (nSPS) is 10.6. The van der Waals surface area contributed by atoms with Gasteiger partial charge in [0.05, 0.1) is 12.6 Å². The first kappa shape index (κ1) is 24.1. The van der Waals surface area contributed by atoms with Crippen LogP contribution >= 0.6 is 23.2 Å². The number of ether oxygens (including phenoxy) is 1. The van der Waals surface area contributed by atoms with E-state index >= 15 is 0 Å². The maximum Gasteiger partial charge on any atom is 0.328 e. The number of halogens is 2. The summed E-state index contributed by atoms with van der Waals surface area (Å²) in [6, 6.07) is 18.2. The number of nitrogens with one attached hydrogen (secondary N) is 3. The second kappa shape index (κ2) is 10.1. The molecule has 0 spiro atoms. The first-order valence-electron chi connectivity index (χ1n) is 10.4. The quantitative estimate of drug-likeness (QED) is 0.320. The van der Waals surface area contributed by atoms with Crippen LogP contribution in [0.3, 0.4) is 0 Å². The van der Waals surface area contributed by atoms with Crippen LogP contribution < -0.4 is 20.8 Å². The van der Waals surface area contributed by atoms with E-state index in [1.54, 1.807) is 73.7 Å². The molecule has 4 aromatic rings. The van der Waals surface area contributed by atoms with E-state index in [-0.39, 0.29) is 5.69 Å². The molecule has 0 aliphatic carbocycles. The summed E-state index contributed by atoms with van der Waals surface area (Å²) in [7, 11) is 1.49. The SMILES string of the molecule is COc1cccc(NC(=O)C(=O)Nn2c(C(=O)Nc3cccc(Cl)c3C)cc3cc(Cl)ccc32)c1. The summed E-state index contributed by atoms with van der Waals surface area (Å²) in [6.07, 6.45) is 0. The lowest BCUT2D eigenvalue weighted by atomic mass is 10.2. The fraction of sp³-hybridized carbons (Fsp3) is 0.0800. The topological polar surface area (TPSA) is 101 Å². The standard InChI is InChI=1S/C25H20Cl2N4O4/c1-14-19(27)7-4-8-20(14)29-23(32)22-12-15-11-16(26)9-10-21(15)31(22)30-25(34)24(33)28-17-5-3-6-18(13-17)35-2/h3-13H,1-2H3,(H,28,33)(H,29,32)(H,30,34). The van der Waals surface area contributed by atoms with Crippen LogP contribution in [0.1, 0.15) is 16.1 Å². The van der Waals surface area contributed by atoms with E-state index < -0.39 is 17.7 Å². The molecule has 0 unspecified atom stereocenters. The molecule has 3 aromatic carbocycles. The van der Waals surface area contributed by atoms with Gasteiger partial charge in [-0.15, -0.1) is 0 Å². The van der Waals surface area contributed by atoms with Crippen LogP contribution in [0.15, 0.2) is 66.7 Å². The predicted octanol–water partition coefficient (Wildman–Crippen LogP) is 5.23. The summed E-state index contributed by atoms with van der Waals surface area (Å²) in [5.74, 6) is -1.90. The van der Waals surface area contributed by atoms with Crippen LogP contribution in [0.25, 0.3) is 10.9 Å². The first-order valence-corrected chi connectivity index (χ1v) is 11.2. The average molecular weight is 511 g/mol. The molecule has 1 heterocycles. The van der Waals surface area contributed by atoms with Crippen molar-refractivity contribution in [2.24, 2.45) is 0 Å². The van der Waals surface area contributed by atoms with Gasteiger partial charge in [-0.25, -0.2) is 4.68 Å². The van der Waals surface area contributed by atoms with Crippen molar-refractivity contribution in [2.75, 3.05) is 23.2 Å². The number of carbonyl (C=O) groups excluding carboxylic acids is 3. The van der Waals surface area contributed by atoms with Gasteiger partial charge in [0, 0.05) is 32.9 Å². The number of fused-ring (bicyclic) bond motifs is 1. The van der Waals surface area contributed by atoms with Crippen molar-refractivity contribution in [1.29, 1.82) is 0 Å². The van der Waals surface area contributed by atoms with Gasteiger partial charge in [0.2, 0.25) is 0 Å². The van der Waals surface area contributed by atoms with Gasteiger partial charge in [0.25, 0.3) is 5.91 Å².